The first-order valence-corrected chi connectivity index (χ1v) is 5.09. The van der Waals surface area contributed by atoms with E-state index in [-0.39, 0.29) is 12.2 Å². The SMILES string of the molecule is NC(c1c(F)cccc1F)C1COCCO1. The maximum absolute atomic E-state index is 13.4. The number of ether oxygens (including phenoxy) is 2. The van der Waals surface area contributed by atoms with Gasteiger partial charge in [0.2, 0.25) is 0 Å². The van der Waals surface area contributed by atoms with Crippen molar-refractivity contribution >= 4 is 0 Å². The van der Waals surface area contributed by atoms with E-state index in [1.165, 1.54) is 18.2 Å². The van der Waals surface area contributed by atoms with Crippen LogP contribution in [0.2, 0.25) is 0 Å². The highest BCUT2D eigenvalue weighted by Crippen LogP contribution is 2.24. The molecule has 0 spiro atoms. The molecule has 2 N–H and O–H groups in total. The zero-order valence-corrected chi connectivity index (χ0v) is 8.66. The van der Waals surface area contributed by atoms with E-state index in [1.54, 1.807) is 0 Å². The van der Waals surface area contributed by atoms with Gasteiger partial charge in [-0.15, -0.1) is 0 Å². The lowest BCUT2D eigenvalue weighted by atomic mass is 10.0. The third-order valence-corrected chi connectivity index (χ3v) is 2.58. The van der Waals surface area contributed by atoms with Crippen LogP contribution in [0.15, 0.2) is 18.2 Å². The molecule has 2 atom stereocenters. The maximum Gasteiger partial charge on any atom is 0.131 e. The number of halogens is 2. The van der Waals surface area contributed by atoms with Crippen LogP contribution in [0.3, 0.4) is 0 Å². The lowest BCUT2D eigenvalue weighted by molar-refractivity contribution is -0.0982. The van der Waals surface area contributed by atoms with Gasteiger partial charge in [0.1, 0.15) is 17.7 Å². The number of hydrogen-bond acceptors (Lipinski definition) is 3. The van der Waals surface area contributed by atoms with Crippen LogP contribution in [-0.2, 0) is 9.47 Å². The molecule has 0 aromatic heterocycles. The van der Waals surface area contributed by atoms with Gasteiger partial charge < -0.3 is 15.2 Å². The van der Waals surface area contributed by atoms with E-state index in [2.05, 4.69) is 0 Å². The summed E-state index contributed by atoms with van der Waals surface area (Å²) in [6, 6.07) is 2.82. The molecule has 3 nitrogen and oxygen atoms in total. The Hall–Kier alpha value is -1.04. The molecule has 0 bridgehead atoms. The number of benzene rings is 1. The Morgan fingerprint density at radius 3 is 2.50 bits per heavy atom. The van der Waals surface area contributed by atoms with Crippen LogP contribution >= 0.6 is 0 Å². The minimum atomic E-state index is -0.846. The zero-order valence-electron chi connectivity index (χ0n) is 8.66. The van der Waals surface area contributed by atoms with Crippen molar-refractivity contribution < 1.29 is 18.3 Å². The quantitative estimate of drug-likeness (QED) is 0.833. The summed E-state index contributed by atoms with van der Waals surface area (Å²) in [6.07, 6.45) is -0.500. The van der Waals surface area contributed by atoms with Gasteiger partial charge in [0.05, 0.1) is 25.9 Å². The minimum Gasteiger partial charge on any atom is -0.376 e. The summed E-state index contributed by atoms with van der Waals surface area (Å²) < 4.78 is 37.4. The molecule has 2 rings (SSSR count). The monoisotopic (exact) mass is 229 g/mol. The van der Waals surface area contributed by atoms with Crippen molar-refractivity contribution in [3.63, 3.8) is 0 Å². The van der Waals surface area contributed by atoms with Crippen molar-refractivity contribution in [2.45, 2.75) is 12.1 Å². The highest BCUT2D eigenvalue weighted by molar-refractivity contribution is 5.24. The summed E-state index contributed by atoms with van der Waals surface area (Å²) in [5.74, 6) is -1.30. The fourth-order valence-corrected chi connectivity index (χ4v) is 1.73. The highest BCUT2D eigenvalue weighted by atomic mass is 19.1. The molecule has 1 saturated heterocycles. The van der Waals surface area contributed by atoms with Crippen molar-refractivity contribution in [3.05, 3.63) is 35.4 Å². The molecule has 1 aromatic carbocycles. The second kappa shape index (κ2) is 4.86. The van der Waals surface area contributed by atoms with Gasteiger partial charge in [0.25, 0.3) is 0 Å². The van der Waals surface area contributed by atoms with E-state index in [0.717, 1.165) is 0 Å². The second-order valence-corrected chi connectivity index (χ2v) is 3.65. The predicted molar refractivity (Wildman–Crippen MR) is 53.8 cm³/mol. The van der Waals surface area contributed by atoms with Gasteiger partial charge in [-0.05, 0) is 12.1 Å². The summed E-state index contributed by atoms with van der Waals surface area (Å²) in [4.78, 5) is 0. The summed E-state index contributed by atoms with van der Waals surface area (Å²) in [7, 11) is 0. The molecular weight excluding hydrogens is 216 g/mol. The Morgan fingerprint density at radius 1 is 1.25 bits per heavy atom. The van der Waals surface area contributed by atoms with Crippen LogP contribution in [0.5, 0.6) is 0 Å². The van der Waals surface area contributed by atoms with E-state index in [4.69, 9.17) is 15.2 Å². The van der Waals surface area contributed by atoms with Gasteiger partial charge in [-0.25, -0.2) is 8.78 Å². The maximum atomic E-state index is 13.4. The van der Waals surface area contributed by atoms with Crippen LogP contribution in [0.1, 0.15) is 11.6 Å². The van der Waals surface area contributed by atoms with E-state index >= 15 is 0 Å². The smallest absolute Gasteiger partial charge is 0.131 e. The van der Waals surface area contributed by atoms with Gasteiger partial charge in [-0.3, -0.25) is 0 Å². The summed E-state index contributed by atoms with van der Waals surface area (Å²) in [5.41, 5.74) is 5.65. The van der Waals surface area contributed by atoms with Crippen LogP contribution in [0, 0.1) is 11.6 Å². The molecule has 0 saturated carbocycles. The Bertz CT molecular complexity index is 347. The predicted octanol–water partition coefficient (Wildman–Crippen LogP) is 1.38. The highest BCUT2D eigenvalue weighted by Gasteiger charge is 2.27. The molecule has 88 valence electrons. The molecule has 1 aromatic rings. The van der Waals surface area contributed by atoms with Crippen LogP contribution in [-0.4, -0.2) is 25.9 Å². The molecule has 0 radical (unpaired) electrons. The molecule has 0 aliphatic carbocycles. The Morgan fingerprint density at radius 2 is 1.94 bits per heavy atom. The minimum absolute atomic E-state index is 0.141. The van der Waals surface area contributed by atoms with Crippen LogP contribution in [0.4, 0.5) is 8.78 Å². The molecule has 1 fully saturated rings. The molecule has 1 aliphatic heterocycles. The number of nitrogens with two attached hydrogens (primary N) is 1. The van der Waals surface area contributed by atoms with E-state index in [9.17, 15) is 8.78 Å². The summed E-state index contributed by atoms with van der Waals surface area (Å²) in [5, 5.41) is 0. The Balaban J connectivity index is 2.22. The van der Waals surface area contributed by atoms with Crippen molar-refractivity contribution in [1.29, 1.82) is 0 Å². The van der Waals surface area contributed by atoms with Crippen molar-refractivity contribution in [2.24, 2.45) is 5.73 Å². The molecular formula is C11H13F2NO2. The van der Waals surface area contributed by atoms with Crippen LogP contribution < -0.4 is 5.73 Å². The fraction of sp³-hybridized carbons (Fsp3) is 0.455. The lowest BCUT2D eigenvalue weighted by Crippen LogP contribution is -2.38. The average Bonchev–Trinajstić information content (AvgIpc) is 2.30. The van der Waals surface area contributed by atoms with Gasteiger partial charge >= 0.3 is 0 Å². The van der Waals surface area contributed by atoms with E-state index < -0.39 is 23.8 Å². The zero-order chi connectivity index (χ0) is 11.5. The molecule has 1 aliphatic rings. The number of hydrogen-bond donors (Lipinski definition) is 1. The first-order valence-electron chi connectivity index (χ1n) is 5.09. The molecule has 2 unspecified atom stereocenters. The molecule has 16 heavy (non-hydrogen) atoms. The van der Waals surface area contributed by atoms with Crippen molar-refractivity contribution in [2.75, 3.05) is 19.8 Å². The van der Waals surface area contributed by atoms with Gasteiger partial charge in [-0.2, -0.15) is 0 Å². The van der Waals surface area contributed by atoms with Gasteiger partial charge in [0, 0.05) is 5.56 Å². The normalized spacial score (nSPS) is 23.1. The average molecular weight is 229 g/mol. The standard InChI is InChI=1S/C11H13F2NO2/c12-7-2-1-3-8(13)10(7)11(14)9-6-15-4-5-16-9/h1-3,9,11H,4-6,14H2. The van der Waals surface area contributed by atoms with Gasteiger partial charge in [-0.1, -0.05) is 6.07 Å². The van der Waals surface area contributed by atoms with Gasteiger partial charge in [0.15, 0.2) is 0 Å². The molecule has 5 heteroatoms. The fourth-order valence-electron chi connectivity index (χ4n) is 1.73. The first-order chi connectivity index (χ1) is 7.70. The molecule has 0 amide bonds. The van der Waals surface area contributed by atoms with E-state index in [1.807, 2.05) is 0 Å². The first kappa shape index (κ1) is 11.4. The molecule has 1 heterocycles. The third kappa shape index (κ3) is 2.21. The third-order valence-electron chi connectivity index (χ3n) is 2.58. The van der Waals surface area contributed by atoms with Crippen LogP contribution in [0.25, 0.3) is 0 Å². The Labute approximate surface area is 92.1 Å². The topological polar surface area (TPSA) is 44.5 Å². The van der Waals surface area contributed by atoms with Crippen molar-refractivity contribution in [3.8, 4) is 0 Å². The summed E-state index contributed by atoms with van der Waals surface area (Å²) in [6.45, 7) is 1.15. The lowest BCUT2D eigenvalue weighted by Gasteiger charge is -2.28. The Kier molecular flexibility index (Phi) is 3.48. The number of rotatable bonds is 2. The van der Waals surface area contributed by atoms with Crippen molar-refractivity contribution in [1.82, 2.24) is 0 Å². The largest absolute Gasteiger partial charge is 0.376 e. The second-order valence-electron chi connectivity index (χ2n) is 3.65. The van der Waals surface area contributed by atoms with E-state index in [0.29, 0.717) is 13.2 Å². The summed E-state index contributed by atoms with van der Waals surface area (Å²) >= 11 is 0.